The van der Waals surface area contributed by atoms with Gasteiger partial charge in [0.05, 0.1) is 11.6 Å². The third kappa shape index (κ3) is 6.08. The van der Waals surface area contributed by atoms with Crippen molar-refractivity contribution in [3.63, 3.8) is 0 Å². The molecule has 0 unspecified atom stereocenters. The fourth-order valence-corrected chi connectivity index (χ4v) is 3.97. The summed E-state index contributed by atoms with van der Waals surface area (Å²) in [4.78, 5) is 12.3. The molecule has 1 fully saturated rings. The van der Waals surface area contributed by atoms with E-state index >= 15 is 0 Å². The molecule has 1 saturated heterocycles. The summed E-state index contributed by atoms with van der Waals surface area (Å²) in [5.74, 6) is 0.222. The first-order valence-electron chi connectivity index (χ1n) is 9.67. The molecule has 1 aliphatic rings. The lowest BCUT2D eigenvalue weighted by Gasteiger charge is -2.38. The molecule has 1 aliphatic heterocycles. The Bertz CT molecular complexity index is 841. The van der Waals surface area contributed by atoms with Crippen molar-refractivity contribution in [1.82, 2.24) is 5.32 Å². The molecule has 0 aliphatic carbocycles. The van der Waals surface area contributed by atoms with Crippen molar-refractivity contribution in [2.45, 2.75) is 31.1 Å². The molecular weight excluding hydrogens is 416 g/mol. The molecule has 156 valence electrons. The Hall–Kier alpha value is -1.82. The number of rotatable bonds is 8. The lowest BCUT2D eigenvalue weighted by Crippen LogP contribution is -2.44. The number of ether oxygens (including phenoxy) is 2. The third-order valence-electron chi connectivity index (χ3n) is 5.21. The molecule has 1 amide bonds. The zero-order valence-electron chi connectivity index (χ0n) is 16.1. The van der Waals surface area contributed by atoms with Gasteiger partial charge in [-0.3, -0.25) is 4.79 Å². The van der Waals surface area contributed by atoms with Crippen molar-refractivity contribution in [2.75, 3.05) is 26.4 Å². The summed E-state index contributed by atoms with van der Waals surface area (Å²) in [7, 11) is 0. The predicted octanol–water partition coefficient (Wildman–Crippen LogP) is 5.16. The molecule has 0 radical (unpaired) electrons. The zero-order chi connectivity index (χ0) is 20.7. The molecule has 7 heteroatoms. The Kier molecular flexibility index (Phi) is 7.76. The van der Waals surface area contributed by atoms with Gasteiger partial charge in [0.15, 0.2) is 0 Å². The number of carbonyl (C=O) groups excluding carboxylic acids is 1. The van der Waals surface area contributed by atoms with Crippen molar-refractivity contribution < 1.29 is 18.7 Å². The molecule has 2 aromatic carbocycles. The van der Waals surface area contributed by atoms with Crippen LogP contribution in [0.25, 0.3) is 0 Å². The topological polar surface area (TPSA) is 47.6 Å². The van der Waals surface area contributed by atoms with Crippen LogP contribution < -0.4 is 10.1 Å². The van der Waals surface area contributed by atoms with E-state index < -0.39 is 0 Å². The highest BCUT2D eigenvalue weighted by molar-refractivity contribution is 6.35. The second-order valence-electron chi connectivity index (χ2n) is 7.21. The Balaban J connectivity index is 1.49. The standard InChI is InChI=1S/C22H24Cl2FNO3/c23-17-6-7-20(19(24)14-17)29-10-2-5-21(27)26-15-22(8-11-28-12-9-22)16-3-1-4-18(25)13-16/h1,3-4,6-7,13-14H,2,5,8-12,15H2,(H,26,27). The van der Waals surface area contributed by atoms with Gasteiger partial charge in [-0.1, -0.05) is 35.3 Å². The van der Waals surface area contributed by atoms with E-state index in [0.29, 0.717) is 55.0 Å². The van der Waals surface area contributed by atoms with Gasteiger partial charge in [0.1, 0.15) is 11.6 Å². The van der Waals surface area contributed by atoms with Gasteiger partial charge in [-0.15, -0.1) is 0 Å². The molecule has 0 bridgehead atoms. The van der Waals surface area contributed by atoms with E-state index in [1.807, 2.05) is 6.07 Å². The summed E-state index contributed by atoms with van der Waals surface area (Å²) < 4.78 is 24.8. The molecule has 4 nitrogen and oxygen atoms in total. The van der Waals surface area contributed by atoms with Crippen molar-refractivity contribution in [3.05, 3.63) is 63.9 Å². The molecule has 29 heavy (non-hydrogen) atoms. The lowest BCUT2D eigenvalue weighted by atomic mass is 9.74. The smallest absolute Gasteiger partial charge is 0.220 e. The summed E-state index contributed by atoms with van der Waals surface area (Å²) in [6.45, 7) is 2.03. The van der Waals surface area contributed by atoms with Gasteiger partial charge in [0.25, 0.3) is 0 Å². The van der Waals surface area contributed by atoms with Crippen molar-refractivity contribution >= 4 is 29.1 Å². The van der Waals surface area contributed by atoms with Crippen molar-refractivity contribution in [2.24, 2.45) is 0 Å². The largest absolute Gasteiger partial charge is 0.492 e. The monoisotopic (exact) mass is 439 g/mol. The van der Waals surface area contributed by atoms with Crippen LogP contribution in [0.2, 0.25) is 10.0 Å². The van der Waals surface area contributed by atoms with E-state index in [9.17, 15) is 9.18 Å². The van der Waals surface area contributed by atoms with Gasteiger partial charge >= 0.3 is 0 Å². The third-order valence-corrected chi connectivity index (χ3v) is 5.74. The lowest BCUT2D eigenvalue weighted by molar-refractivity contribution is -0.121. The summed E-state index contributed by atoms with van der Waals surface area (Å²) in [5.41, 5.74) is 0.602. The van der Waals surface area contributed by atoms with Crippen LogP contribution in [-0.4, -0.2) is 32.3 Å². The van der Waals surface area contributed by atoms with Crippen molar-refractivity contribution in [3.8, 4) is 5.75 Å². The normalized spacial score (nSPS) is 15.7. The first kappa shape index (κ1) is 21.9. The van der Waals surface area contributed by atoms with E-state index in [1.54, 1.807) is 30.3 Å². The van der Waals surface area contributed by atoms with Gasteiger partial charge in [-0.25, -0.2) is 4.39 Å². The molecule has 0 spiro atoms. The maximum atomic E-state index is 13.7. The minimum absolute atomic E-state index is 0.0573. The van der Waals surface area contributed by atoms with Crippen LogP contribution >= 0.6 is 23.2 Å². The molecule has 1 N–H and O–H groups in total. The van der Waals surface area contributed by atoms with Crippen LogP contribution in [0.5, 0.6) is 5.75 Å². The summed E-state index contributed by atoms with van der Waals surface area (Å²) >= 11 is 11.9. The highest BCUT2D eigenvalue weighted by Crippen LogP contribution is 2.34. The molecule has 1 heterocycles. The Morgan fingerprint density at radius 1 is 1.17 bits per heavy atom. The summed E-state index contributed by atoms with van der Waals surface area (Å²) in [5, 5.41) is 4.00. The maximum Gasteiger partial charge on any atom is 0.220 e. The van der Waals surface area contributed by atoms with Gasteiger partial charge in [0.2, 0.25) is 5.91 Å². The summed E-state index contributed by atoms with van der Waals surface area (Å²) in [6.07, 6.45) is 2.38. The van der Waals surface area contributed by atoms with E-state index in [0.717, 1.165) is 18.4 Å². The second kappa shape index (κ2) is 10.3. The Morgan fingerprint density at radius 2 is 1.97 bits per heavy atom. The molecule has 0 aromatic heterocycles. The fraction of sp³-hybridized carbons (Fsp3) is 0.409. The van der Waals surface area contributed by atoms with E-state index in [1.165, 1.54) is 6.07 Å². The molecule has 3 rings (SSSR count). The fourth-order valence-electron chi connectivity index (χ4n) is 3.51. The number of amides is 1. The van der Waals surface area contributed by atoms with Gasteiger partial charge in [-0.2, -0.15) is 0 Å². The number of hydrogen-bond acceptors (Lipinski definition) is 3. The van der Waals surface area contributed by atoms with Crippen LogP contribution in [0.15, 0.2) is 42.5 Å². The average Bonchev–Trinajstić information content (AvgIpc) is 2.72. The number of benzene rings is 2. The second-order valence-corrected chi connectivity index (χ2v) is 8.05. The minimum Gasteiger partial charge on any atom is -0.492 e. The zero-order valence-corrected chi connectivity index (χ0v) is 17.6. The predicted molar refractivity (Wildman–Crippen MR) is 112 cm³/mol. The average molecular weight is 440 g/mol. The van der Waals surface area contributed by atoms with Gasteiger partial charge in [0, 0.05) is 36.6 Å². The molecule has 0 atom stereocenters. The first-order valence-corrected chi connectivity index (χ1v) is 10.4. The Morgan fingerprint density at radius 3 is 2.69 bits per heavy atom. The van der Waals surface area contributed by atoms with E-state index in [-0.39, 0.29) is 17.1 Å². The molecular formula is C22H24Cl2FNO3. The van der Waals surface area contributed by atoms with Crippen LogP contribution in [0, 0.1) is 5.82 Å². The highest BCUT2D eigenvalue weighted by atomic mass is 35.5. The van der Waals surface area contributed by atoms with Crippen LogP contribution in [0.1, 0.15) is 31.2 Å². The number of hydrogen-bond donors (Lipinski definition) is 1. The SMILES string of the molecule is O=C(CCCOc1ccc(Cl)cc1Cl)NCC1(c2cccc(F)c2)CCOCC1. The number of nitrogens with one attached hydrogen (secondary N) is 1. The highest BCUT2D eigenvalue weighted by Gasteiger charge is 2.35. The summed E-state index contributed by atoms with van der Waals surface area (Å²) in [6, 6.07) is 11.6. The van der Waals surface area contributed by atoms with Crippen LogP contribution in [-0.2, 0) is 14.9 Å². The van der Waals surface area contributed by atoms with Gasteiger partial charge in [-0.05, 0) is 55.2 Å². The number of carbonyl (C=O) groups is 1. The van der Waals surface area contributed by atoms with Crippen LogP contribution in [0.3, 0.4) is 0 Å². The van der Waals surface area contributed by atoms with E-state index in [2.05, 4.69) is 5.32 Å². The molecule has 0 saturated carbocycles. The minimum atomic E-state index is -0.302. The first-order chi connectivity index (χ1) is 14.0. The maximum absolute atomic E-state index is 13.7. The van der Waals surface area contributed by atoms with Crippen LogP contribution in [0.4, 0.5) is 4.39 Å². The van der Waals surface area contributed by atoms with Crippen molar-refractivity contribution in [1.29, 1.82) is 0 Å². The van der Waals surface area contributed by atoms with Gasteiger partial charge < -0.3 is 14.8 Å². The quantitative estimate of drug-likeness (QED) is 0.578. The van der Waals surface area contributed by atoms with E-state index in [4.69, 9.17) is 32.7 Å². The molecule has 2 aromatic rings. The Labute approximate surface area is 180 Å². The number of halogens is 3.